The normalized spacial score (nSPS) is 13.9. The standard InChI is InChI=1S/C11H15F3NO2/c1-15(2,3)9-6-4-5-8(7-9)10(16,17)11(12,13)14/h4-7,16-17H,1-3H3/q+1. The van der Waals surface area contributed by atoms with Crippen LogP contribution in [-0.2, 0) is 5.79 Å². The SMILES string of the molecule is C[N+](C)(C)c1cccc(C(O)(O)C(F)(F)F)c1. The highest BCUT2D eigenvalue weighted by molar-refractivity contribution is 5.45. The Balaban J connectivity index is 3.26. The molecule has 0 amide bonds. The summed E-state index contributed by atoms with van der Waals surface area (Å²) >= 11 is 0. The van der Waals surface area contributed by atoms with Crippen LogP contribution in [0.2, 0.25) is 0 Å². The van der Waals surface area contributed by atoms with Crippen LogP contribution in [-0.4, -0.2) is 37.5 Å². The van der Waals surface area contributed by atoms with Gasteiger partial charge in [-0.3, -0.25) is 4.48 Å². The summed E-state index contributed by atoms with van der Waals surface area (Å²) in [6, 6.07) is 5.15. The van der Waals surface area contributed by atoms with Gasteiger partial charge in [0.25, 0.3) is 5.79 Å². The van der Waals surface area contributed by atoms with E-state index in [9.17, 15) is 13.2 Å². The van der Waals surface area contributed by atoms with Crippen LogP contribution in [0.25, 0.3) is 0 Å². The van der Waals surface area contributed by atoms with Crippen LogP contribution in [0.15, 0.2) is 24.3 Å². The zero-order valence-electron chi connectivity index (χ0n) is 9.78. The van der Waals surface area contributed by atoms with E-state index in [0.29, 0.717) is 5.69 Å². The topological polar surface area (TPSA) is 40.5 Å². The molecule has 0 fully saturated rings. The van der Waals surface area contributed by atoms with Gasteiger partial charge >= 0.3 is 6.18 Å². The Morgan fingerprint density at radius 3 is 2.00 bits per heavy atom. The molecular formula is C11H15F3NO2+. The second-order valence-corrected chi connectivity index (χ2v) is 4.73. The highest BCUT2D eigenvalue weighted by atomic mass is 19.4. The minimum absolute atomic E-state index is 0.280. The number of rotatable bonds is 2. The van der Waals surface area contributed by atoms with Crippen LogP contribution in [0.3, 0.4) is 0 Å². The largest absolute Gasteiger partial charge is 0.447 e. The Morgan fingerprint density at radius 2 is 1.59 bits per heavy atom. The average molecular weight is 250 g/mol. The summed E-state index contributed by atoms with van der Waals surface area (Å²) in [6.07, 6.45) is -5.13. The van der Waals surface area contributed by atoms with Gasteiger partial charge in [0.15, 0.2) is 0 Å². The summed E-state index contributed by atoms with van der Waals surface area (Å²) in [7, 11) is 5.30. The molecule has 1 aromatic carbocycles. The van der Waals surface area contributed by atoms with Crippen molar-refractivity contribution in [2.75, 3.05) is 21.1 Å². The molecule has 0 saturated carbocycles. The summed E-state index contributed by atoms with van der Waals surface area (Å²) in [5.74, 6) is -3.82. The predicted octanol–water partition coefficient (Wildman–Crippen LogP) is 1.58. The molecule has 6 heteroatoms. The minimum Gasteiger partial charge on any atom is -0.355 e. The quantitative estimate of drug-likeness (QED) is 0.618. The molecule has 0 spiro atoms. The van der Waals surface area contributed by atoms with Crippen molar-refractivity contribution in [3.8, 4) is 0 Å². The van der Waals surface area contributed by atoms with Gasteiger partial charge in [0, 0.05) is 11.6 Å². The lowest BCUT2D eigenvalue weighted by Gasteiger charge is -2.28. The van der Waals surface area contributed by atoms with Crippen molar-refractivity contribution in [1.82, 2.24) is 4.48 Å². The lowest BCUT2D eigenvalue weighted by Crippen LogP contribution is -2.42. The Bertz CT molecular complexity index is 408. The van der Waals surface area contributed by atoms with E-state index >= 15 is 0 Å². The number of alkyl halides is 3. The third kappa shape index (κ3) is 2.77. The molecule has 0 aromatic heterocycles. The van der Waals surface area contributed by atoms with Gasteiger partial charge in [0.05, 0.1) is 21.1 Å². The van der Waals surface area contributed by atoms with Gasteiger partial charge < -0.3 is 10.2 Å². The maximum absolute atomic E-state index is 12.4. The first-order valence-electron chi connectivity index (χ1n) is 4.90. The minimum atomic E-state index is -5.13. The van der Waals surface area contributed by atoms with E-state index < -0.39 is 17.5 Å². The second-order valence-electron chi connectivity index (χ2n) is 4.73. The van der Waals surface area contributed by atoms with E-state index in [4.69, 9.17) is 10.2 Å². The van der Waals surface area contributed by atoms with Crippen molar-refractivity contribution in [2.45, 2.75) is 12.0 Å². The van der Waals surface area contributed by atoms with E-state index in [1.54, 1.807) is 27.2 Å². The van der Waals surface area contributed by atoms with Gasteiger partial charge in [-0.25, -0.2) is 0 Å². The lowest BCUT2D eigenvalue weighted by molar-refractivity contribution is -0.358. The molecule has 0 radical (unpaired) electrons. The number of nitrogens with zero attached hydrogens (tertiary/aromatic N) is 1. The summed E-state index contributed by atoms with van der Waals surface area (Å²) in [5, 5.41) is 18.3. The fourth-order valence-electron chi connectivity index (χ4n) is 1.30. The third-order valence-electron chi connectivity index (χ3n) is 2.42. The van der Waals surface area contributed by atoms with Gasteiger partial charge in [0.1, 0.15) is 5.69 Å². The van der Waals surface area contributed by atoms with Crippen LogP contribution >= 0.6 is 0 Å². The molecule has 0 aliphatic carbocycles. The van der Waals surface area contributed by atoms with Crippen molar-refractivity contribution in [1.29, 1.82) is 0 Å². The molecule has 0 atom stereocenters. The van der Waals surface area contributed by atoms with Crippen molar-refractivity contribution in [2.24, 2.45) is 0 Å². The van der Waals surface area contributed by atoms with E-state index in [1.165, 1.54) is 6.07 Å². The average Bonchev–Trinajstić information content (AvgIpc) is 2.15. The van der Waals surface area contributed by atoms with Gasteiger partial charge in [-0.15, -0.1) is 0 Å². The molecule has 0 saturated heterocycles. The van der Waals surface area contributed by atoms with E-state index in [0.717, 1.165) is 12.1 Å². The highest BCUT2D eigenvalue weighted by Crippen LogP contribution is 2.37. The molecule has 1 rings (SSSR count). The zero-order chi connectivity index (χ0) is 13.5. The Hall–Kier alpha value is -1.11. The monoisotopic (exact) mass is 250 g/mol. The molecule has 0 aliphatic heterocycles. The molecule has 0 unspecified atom stereocenters. The third-order valence-corrected chi connectivity index (χ3v) is 2.42. The number of aliphatic hydroxyl groups is 2. The van der Waals surface area contributed by atoms with E-state index in [2.05, 4.69) is 0 Å². The molecule has 17 heavy (non-hydrogen) atoms. The number of hydrogen-bond donors (Lipinski definition) is 2. The van der Waals surface area contributed by atoms with Gasteiger partial charge in [-0.2, -0.15) is 13.2 Å². The van der Waals surface area contributed by atoms with Gasteiger partial charge in [-0.1, -0.05) is 12.1 Å². The van der Waals surface area contributed by atoms with E-state index in [1.807, 2.05) is 0 Å². The van der Waals surface area contributed by atoms with Crippen molar-refractivity contribution in [3.63, 3.8) is 0 Å². The van der Waals surface area contributed by atoms with Crippen molar-refractivity contribution in [3.05, 3.63) is 29.8 Å². The Morgan fingerprint density at radius 1 is 1.06 bits per heavy atom. The molecule has 96 valence electrons. The first-order chi connectivity index (χ1) is 7.46. The van der Waals surface area contributed by atoms with Gasteiger partial charge in [-0.05, 0) is 6.07 Å². The van der Waals surface area contributed by atoms with Gasteiger partial charge in [0.2, 0.25) is 0 Å². The Kier molecular flexibility index (Phi) is 3.26. The highest BCUT2D eigenvalue weighted by Gasteiger charge is 2.54. The lowest BCUT2D eigenvalue weighted by atomic mass is 10.0. The van der Waals surface area contributed by atoms with Crippen molar-refractivity contribution >= 4 is 5.69 Å². The molecule has 3 nitrogen and oxygen atoms in total. The molecule has 2 N–H and O–H groups in total. The molecule has 0 bridgehead atoms. The summed E-state index contributed by atoms with van der Waals surface area (Å²) in [4.78, 5) is 0. The van der Waals surface area contributed by atoms with Crippen LogP contribution in [0.4, 0.5) is 18.9 Å². The number of hydrogen-bond acceptors (Lipinski definition) is 2. The zero-order valence-corrected chi connectivity index (χ0v) is 9.78. The Labute approximate surface area is 97.3 Å². The van der Waals surface area contributed by atoms with Crippen LogP contribution in [0, 0.1) is 0 Å². The first-order valence-corrected chi connectivity index (χ1v) is 4.90. The maximum atomic E-state index is 12.4. The number of halogens is 3. The fourth-order valence-corrected chi connectivity index (χ4v) is 1.30. The summed E-state index contributed by atoms with van der Waals surface area (Å²) in [6.45, 7) is 0. The second kappa shape index (κ2) is 3.97. The smallest absolute Gasteiger partial charge is 0.355 e. The summed E-state index contributed by atoms with van der Waals surface area (Å²) < 4.78 is 37.6. The maximum Gasteiger partial charge on any atom is 0.447 e. The molecular weight excluding hydrogens is 235 g/mol. The summed E-state index contributed by atoms with van der Waals surface area (Å²) in [5.41, 5.74) is -0.0465. The molecule has 0 heterocycles. The molecule has 1 aromatic rings. The van der Waals surface area contributed by atoms with Crippen LogP contribution in [0.5, 0.6) is 0 Å². The first kappa shape index (κ1) is 14.0. The number of benzene rings is 1. The van der Waals surface area contributed by atoms with Crippen molar-refractivity contribution < 1.29 is 23.4 Å². The molecule has 0 aliphatic rings. The number of quaternary nitrogens is 1. The van der Waals surface area contributed by atoms with Crippen LogP contribution < -0.4 is 4.48 Å². The van der Waals surface area contributed by atoms with Crippen LogP contribution in [0.1, 0.15) is 5.56 Å². The predicted molar refractivity (Wildman–Crippen MR) is 58.2 cm³/mol. The fraction of sp³-hybridized carbons (Fsp3) is 0.455. The van der Waals surface area contributed by atoms with E-state index in [-0.39, 0.29) is 4.48 Å².